The molecule has 0 bridgehead atoms. The zero-order valence-electron chi connectivity index (χ0n) is 25.7. The summed E-state index contributed by atoms with van der Waals surface area (Å²) in [6, 6.07) is 31.1. The van der Waals surface area contributed by atoms with Gasteiger partial charge in [0, 0.05) is 20.0 Å². The Morgan fingerprint density at radius 3 is 2.04 bits per heavy atom. The Balaban J connectivity index is 1.52. The summed E-state index contributed by atoms with van der Waals surface area (Å²) in [5.41, 5.74) is 3.36. The van der Waals surface area contributed by atoms with Gasteiger partial charge in [-0.15, -0.1) is 0 Å². The van der Waals surface area contributed by atoms with Crippen molar-refractivity contribution in [1.29, 1.82) is 0 Å². The Morgan fingerprint density at radius 1 is 0.957 bits per heavy atom. The van der Waals surface area contributed by atoms with E-state index in [1.165, 1.54) is 17.9 Å². The zero-order valence-corrected chi connectivity index (χ0v) is 27.4. The molecule has 3 atom stereocenters. The van der Waals surface area contributed by atoms with Crippen LogP contribution in [0.3, 0.4) is 0 Å². The zero-order chi connectivity index (χ0) is 32.3. The minimum Gasteiger partial charge on any atom is -0.350 e. The lowest BCUT2D eigenvalue weighted by molar-refractivity contribution is -0.145. The Bertz CT molecular complexity index is 1750. The van der Waals surface area contributed by atoms with E-state index in [0.29, 0.717) is 30.1 Å². The van der Waals surface area contributed by atoms with Crippen molar-refractivity contribution < 1.29 is 18.6 Å². The van der Waals surface area contributed by atoms with E-state index in [0.717, 1.165) is 16.7 Å². The van der Waals surface area contributed by atoms with Crippen LogP contribution in [-0.2, 0) is 24.2 Å². The number of rotatable bonds is 10. The van der Waals surface area contributed by atoms with Crippen molar-refractivity contribution in [2.24, 2.45) is 0 Å². The van der Waals surface area contributed by atoms with Gasteiger partial charge in [0.2, 0.25) is 5.91 Å². The highest BCUT2D eigenvalue weighted by Crippen LogP contribution is 2.54. The van der Waals surface area contributed by atoms with Gasteiger partial charge in [-0.2, -0.15) is 0 Å². The SMILES string of the molecule is CC(=O)Nc1ncnc2c1ncn2[C@H]1CN(C(c2ccccc2)(c2ccccc2)c2ccccc2)C[C@@H](COP(=O)(Cl)N(C)C)O1. The Morgan fingerprint density at radius 2 is 1.52 bits per heavy atom. The molecule has 0 aliphatic carbocycles. The molecule has 238 valence electrons. The molecule has 3 heterocycles. The van der Waals surface area contributed by atoms with E-state index in [4.69, 9.17) is 20.5 Å². The lowest BCUT2D eigenvalue weighted by atomic mass is 9.75. The highest BCUT2D eigenvalue weighted by molar-refractivity contribution is 7.83. The first-order valence-electron chi connectivity index (χ1n) is 14.8. The lowest BCUT2D eigenvalue weighted by Crippen LogP contribution is -2.57. The standard InChI is InChI=1S/C33H35ClN7O4P/c1-24(42)38-31-30-32(36-22-35-31)41(23-37-30)29-20-40(19-28(45-29)21-44-46(34,43)39(2)3)33(25-13-7-4-8-14-25,26-15-9-5-10-16-26)27-17-11-6-12-18-27/h4-18,22-23,28-29H,19-21H2,1-3H3,(H,35,36,38,42)/t28-,29+,46?/m0/s1. The van der Waals surface area contributed by atoms with Crippen LogP contribution in [0.2, 0.25) is 0 Å². The average molecular weight is 660 g/mol. The number of carbonyl (C=O) groups is 1. The number of morpholine rings is 1. The summed E-state index contributed by atoms with van der Waals surface area (Å²) in [5, 5.41) is 2.73. The predicted octanol–water partition coefficient (Wildman–Crippen LogP) is 5.90. The van der Waals surface area contributed by atoms with Crippen molar-refractivity contribution in [3.63, 3.8) is 0 Å². The van der Waals surface area contributed by atoms with Crippen molar-refractivity contribution in [3.8, 4) is 0 Å². The quantitative estimate of drug-likeness (QED) is 0.145. The van der Waals surface area contributed by atoms with Gasteiger partial charge < -0.3 is 14.6 Å². The molecule has 6 rings (SSSR count). The molecule has 1 N–H and O–H groups in total. The number of amides is 1. The molecular formula is C33H35ClN7O4P. The second kappa shape index (κ2) is 13.4. The third-order valence-corrected chi connectivity index (χ3v) is 10.7. The Kier molecular flexibility index (Phi) is 9.33. The smallest absolute Gasteiger partial charge is 0.350 e. The van der Waals surface area contributed by atoms with Crippen LogP contribution in [0, 0.1) is 0 Å². The molecule has 3 aromatic carbocycles. The van der Waals surface area contributed by atoms with Crippen molar-refractivity contribution in [1.82, 2.24) is 29.1 Å². The fraction of sp³-hybridized carbons (Fsp3) is 0.273. The molecule has 46 heavy (non-hydrogen) atoms. The van der Waals surface area contributed by atoms with E-state index in [2.05, 4.69) is 61.6 Å². The second-order valence-electron chi connectivity index (χ2n) is 11.2. The van der Waals surface area contributed by atoms with E-state index in [-0.39, 0.29) is 12.5 Å². The average Bonchev–Trinajstić information content (AvgIpc) is 3.51. The first-order valence-corrected chi connectivity index (χ1v) is 17.3. The highest BCUT2D eigenvalue weighted by atomic mass is 35.7. The molecule has 0 saturated carbocycles. The first-order chi connectivity index (χ1) is 22.2. The molecule has 1 amide bonds. The maximum Gasteiger partial charge on any atom is 0.362 e. The Labute approximate surface area is 272 Å². The molecule has 1 aliphatic rings. The largest absolute Gasteiger partial charge is 0.362 e. The summed E-state index contributed by atoms with van der Waals surface area (Å²) in [6.45, 7) is -1.37. The molecule has 0 radical (unpaired) electrons. The van der Waals surface area contributed by atoms with Crippen molar-refractivity contribution in [2.45, 2.75) is 24.8 Å². The van der Waals surface area contributed by atoms with Gasteiger partial charge in [0.25, 0.3) is 0 Å². The number of benzene rings is 3. The summed E-state index contributed by atoms with van der Waals surface area (Å²) >= 11 is 6.30. The van der Waals surface area contributed by atoms with Crippen LogP contribution < -0.4 is 5.32 Å². The van der Waals surface area contributed by atoms with Crippen LogP contribution in [0.15, 0.2) is 104 Å². The van der Waals surface area contributed by atoms with E-state index in [1.54, 1.807) is 20.4 Å². The maximum atomic E-state index is 13.0. The van der Waals surface area contributed by atoms with E-state index >= 15 is 0 Å². The number of hydrogen-bond donors (Lipinski definition) is 1. The second-order valence-corrected chi connectivity index (χ2v) is 14.5. The van der Waals surface area contributed by atoms with Gasteiger partial charge in [0.1, 0.15) is 12.6 Å². The molecule has 13 heteroatoms. The molecule has 1 saturated heterocycles. The number of fused-ring (bicyclic) bond motifs is 1. The summed E-state index contributed by atoms with van der Waals surface area (Å²) in [6.07, 6.45) is 1.85. The molecule has 1 unspecified atom stereocenters. The fourth-order valence-electron chi connectivity index (χ4n) is 6.03. The molecular weight excluding hydrogens is 625 g/mol. The molecule has 11 nitrogen and oxygen atoms in total. The number of imidazole rings is 1. The maximum absolute atomic E-state index is 13.0. The van der Waals surface area contributed by atoms with Gasteiger partial charge in [-0.1, -0.05) is 91.0 Å². The minimum atomic E-state index is -3.58. The number of nitrogens with zero attached hydrogens (tertiary/aromatic N) is 6. The van der Waals surface area contributed by atoms with Gasteiger partial charge in [0.15, 0.2) is 17.0 Å². The van der Waals surface area contributed by atoms with Gasteiger partial charge in [-0.3, -0.25) is 18.8 Å². The number of anilines is 1. The number of nitrogens with one attached hydrogen (secondary N) is 1. The fourth-order valence-corrected chi connectivity index (χ4v) is 6.78. The van der Waals surface area contributed by atoms with Crippen molar-refractivity contribution in [3.05, 3.63) is 120 Å². The molecule has 0 spiro atoms. The van der Waals surface area contributed by atoms with Crippen molar-refractivity contribution >= 4 is 41.0 Å². The van der Waals surface area contributed by atoms with Gasteiger partial charge in [-0.25, -0.2) is 19.6 Å². The van der Waals surface area contributed by atoms with E-state index < -0.39 is 24.7 Å². The topological polar surface area (TPSA) is 115 Å². The van der Waals surface area contributed by atoms with Crippen LogP contribution in [0.4, 0.5) is 5.82 Å². The van der Waals surface area contributed by atoms with Crippen molar-refractivity contribution in [2.75, 3.05) is 39.1 Å². The van der Waals surface area contributed by atoms with Gasteiger partial charge >= 0.3 is 6.87 Å². The molecule has 1 aliphatic heterocycles. The van der Waals surface area contributed by atoms with Crippen LogP contribution in [-0.4, -0.2) is 74.9 Å². The highest BCUT2D eigenvalue weighted by Gasteiger charge is 2.47. The first kappa shape index (κ1) is 32.0. The number of aromatic nitrogens is 4. The van der Waals surface area contributed by atoms with Crippen LogP contribution in [0.1, 0.15) is 29.8 Å². The summed E-state index contributed by atoms with van der Waals surface area (Å²) < 4.78 is 28.7. The normalized spacial score (nSPS) is 18.8. The molecule has 5 aromatic rings. The Hall–Kier alpha value is -3.96. The molecule has 1 fully saturated rings. The number of carbonyl (C=O) groups excluding carboxylic acids is 1. The van der Waals surface area contributed by atoms with Gasteiger partial charge in [0.05, 0.1) is 24.6 Å². The summed E-state index contributed by atoms with van der Waals surface area (Å²) in [5.74, 6) is 0.0432. The monoisotopic (exact) mass is 659 g/mol. The third kappa shape index (κ3) is 6.22. The number of hydrogen-bond acceptors (Lipinski definition) is 8. The predicted molar refractivity (Wildman–Crippen MR) is 177 cm³/mol. The minimum absolute atomic E-state index is 0.0286. The van der Waals surface area contributed by atoms with E-state index in [9.17, 15) is 9.36 Å². The third-order valence-electron chi connectivity index (χ3n) is 8.06. The number of halogens is 1. The summed E-state index contributed by atoms with van der Waals surface area (Å²) in [4.78, 5) is 27.5. The lowest BCUT2D eigenvalue weighted by Gasteiger charge is -2.50. The van der Waals surface area contributed by atoms with Crippen LogP contribution in [0.5, 0.6) is 0 Å². The molecule has 2 aromatic heterocycles. The van der Waals surface area contributed by atoms with Crippen LogP contribution >= 0.6 is 18.1 Å². The van der Waals surface area contributed by atoms with Crippen LogP contribution in [0.25, 0.3) is 11.2 Å². The summed E-state index contributed by atoms with van der Waals surface area (Å²) in [7, 11) is 3.22. The number of ether oxygens (including phenoxy) is 1. The van der Waals surface area contributed by atoms with Gasteiger partial charge in [-0.05, 0) is 42.0 Å². The van der Waals surface area contributed by atoms with E-state index in [1.807, 2.05) is 59.2 Å².